The van der Waals surface area contributed by atoms with Gasteiger partial charge < -0.3 is 15.4 Å². The predicted molar refractivity (Wildman–Crippen MR) is 101 cm³/mol. The van der Waals surface area contributed by atoms with Crippen molar-refractivity contribution >= 4 is 40.6 Å². The van der Waals surface area contributed by atoms with Crippen molar-refractivity contribution < 1.29 is 9.53 Å². The summed E-state index contributed by atoms with van der Waals surface area (Å²) in [5.74, 6) is 0.748. The molecule has 0 fully saturated rings. The molecule has 0 aromatic heterocycles. The van der Waals surface area contributed by atoms with Gasteiger partial charge in [0.05, 0.1) is 17.2 Å². The van der Waals surface area contributed by atoms with Crippen LogP contribution in [-0.4, -0.2) is 31.9 Å². The maximum Gasteiger partial charge on any atom is 0.261 e. The highest BCUT2D eigenvalue weighted by molar-refractivity contribution is 6.37. The van der Waals surface area contributed by atoms with Crippen LogP contribution >= 0.6 is 23.2 Å². The third-order valence-corrected chi connectivity index (χ3v) is 4.42. The maximum absolute atomic E-state index is 12.6. The van der Waals surface area contributed by atoms with E-state index in [1.807, 2.05) is 24.3 Å². The molecule has 7 heteroatoms. The van der Waals surface area contributed by atoms with E-state index in [1.165, 1.54) is 7.11 Å². The van der Waals surface area contributed by atoms with Gasteiger partial charge in [0, 0.05) is 24.3 Å². The van der Waals surface area contributed by atoms with Crippen LogP contribution < -0.4 is 15.4 Å². The van der Waals surface area contributed by atoms with E-state index < -0.39 is 0 Å². The molecule has 0 atom stereocenters. The van der Waals surface area contributed by atoms with Crippen molar-refractivity contribution in [2.75, 3.05) is 25.5 Å². The molecule has 0 aliphatic carbocycles. The zero-order chi connectivity index (χ0) is 17.8. The SMILES string of the molecule is COc1c(Cl)ccc(Cl)c1C(=O)Nc1ccc(C2=NCCCN2)cc1. The first-order valence-corrected chi connectivity index (χ1v) is 8.58. The van der Waals surface area contributed by atoms with Crippen molar-refractivity contribution in [3.05, 3.63) is 57.6 Å². The van der Waals surface area contributed by atoms with Crippen LogP contribution in [-0.2, 0) is 0 Å². The fourth-order valence-electron chi connectivity index (χ4n) is 2.58. The highest BCUT2D eigenvalue weighted by atomic mass is 35.5. The standard InChI is InChI=1S/C18H17Cl2N3O2/c1-25-16-14(20)8-7-13(19)15(16)18(24)23-12-5-3-11(4-6-12)17-21-9-2-10-22-17/h3-8H,2,9-10H2,1H3,(H,21,22)(H,23,24). The lowest BCUT2D eigenvalue weighted by Gasteiger charge is -2.15. The van der Waals surface area contributed by atoms with Crippen LogP contribution in [0.1, 0.15) is 22.3 Å². The molecule has 0 unspecified atom stereocenters. The molecule has 0 saturated carbocycles. The Morgan fingerprint density at radius 1 is 1.16 bits per heavy atom. The summed E-state index contributed by atoms with van der Waals surface area (Å²) in [4.78, 5) is 17.0. The van der Waals surface area contributed by atoms with E-state index in [-0.39, 0.29) is 22.2 Å². The quantitative estimate of drug-likeness (QED) is 0.846. The van der Waals surface area contributed by atoms with Gasteiger partial charge in [-0.25, -0.2) is 0 Å². The molecule has 0 bridgehead atoms. The van der Waals surface area contributed by atoms with Gasteiger partial charge in [0.2, 0.25) is 0 Å². The molecule has 1 aliphatic rings. The summed E-state index contributed by atoms with van der Waals surface area (Å²) in [7, 11) is 1.45. The summed E-state index contributed by atoms with van der Waals surface area (Å²) >= 11 is 12.2. The normalized spacial score (nSPS) is 13.6. The Labute approximate surface area is 156 Å². The van der Waals surface area contributed by atoms with Gasteiger partial charge in [0.15, 0.2) is 5.75 Å². The summed E-state index contributed by atoms with van der Waals surface area (Å²) in [5.41, 5.74) is 1.83. The zero-order valence-corrected chi connectivity index (χ0v) is 15.1. The number of carbonyl (C=O) groups is 1. The second-order valence-corrected chi connectivity index (χ2v) is 6.29. The van der Waals surface area contributed by atoms with Gasteiger partial charge in [-0.2, -0.15) is 0 Å². The second kappa shape index (κ2) is 7.76. The number of aliphatic imine (C=N–C) groups is 1. The number of nitrogens with one attached hydrogen (secondary N) is 2. The van der Waals surface area contributed by atoms with Crippen molar-refractivity contribution in [3.8, 4) is 5.75 Å². The second-order valence-electron chi connectivity index (χ2n) is 5.48. The van der Waals surface area contributed by atoms with Crippen molar-refractivity contribution in [2.45, 2.75) is 6.42 Å². The molecule has 0 radical (unpaired) electrons. The smallest absolute Gasteiger partial charge is 0.261 e. The van der Waals surface area contributed by atoms with E-state index >= 15 is 0 Å². The number of benzene rings is 2. The molecular weight excluding hydrogens is 361 g/mol. The fraction of sp³-hybridized carbons (Fsp3) is 0.222. The molecule has 130 valence electrons. The number of amides is 1. The molecule has 0 spiro atoms. The minimum absolute atomic E-state index is 0.207. The first-order valence-electron chi connectivity index (χ1n) is 7.82. The summed E-state index contributed by atoms with van der Waals surface area (Å²) in [6.07, 6.45) is 1.04. The number of anilines is 1. The van der Waals surface area contributed by atoms with E-state index in [0.29, 0.717) is 10.7 Å². The Bertz CT molecular complexity index is 820. The average molecular weight is 378 g/mol. The molecule has 3 rings (SSSR count). The lowest BCUT2D eigenvalue weighted by atomic mass is 10.1. The topological polar surface area (TPSA) is 62.7 Å². The number of hydrogen-bond donors (Lipinski definition) is 2. The maximum atomic E-state index is 12.6. The molecular formula is C18H17Cl2N3O2. The Morgan fingerprint density at radius 3 is 2.52 bits per heavy atom. The molecule has 2 aromatic carbocycles. The van der Waals surface area contributed by atoms with E-state index in [1.54, 1.807) is 12.1 Å². The van der Waals surface area contributed by atoms with E-state index in [0.717, 1.165) is 30.9 Å². The largest absolute Gasteiger partial charge is 0.494 e. The van der Waals surface area contributed by atoms with E-state index in [2.05, 4.69) is 15.6 Å². The molecule has 2 N–H and O–H groups in total. The monoisotopic (exact) mass is 377 g/mol. The lowest BCUT2D eigenvalue weighted by Crippen LogP contribution is -2.30. The molecule has 1 amide bonds. The van der Waals surface area contributed by atoms with Crippen molar-refractivity contribution in [3.63, 3.8) is 0 Å². The molecule has 2 aromatic rings. The first-order chi connectivity index (χ1) is 12.1. The van der Waals surface area contributed by atoms with Crippen molar-refractivity contribution in [1.29, 1.82) is 0 Å². The average Bonchev–Trinajstić information content (AvgIpc) is 2.64. The van der Waals surface area contributed by atoms with Crippen LogP contribution in [0.5, 0.6) is 5.75 Å². The van der Waals surface area contributed by atoms with Crippen LogP contribution in [0, 0.1) is 0 Å². The van der Waals surface area contributed by atoms with Gasteiger partial charge >= 0.3 is 0 Å². The third kappa shape index (κ3) is 3.89. The van der Waals surface area contributed by atoms with Crippen LogP contribution in [0.25, 0.3) is 0 Å². The molecule has 1 heterocycles. The van der Waals surface area contributed by atoms with Gasteiger partial charge in [-0.05, 0) is 42.8 Å². The predicted octanol–water partition coefficient (Wildman–Crippen LogP) is 3.99. The van der Waals surface area contributed by atoms with E-state index in [9.17, 15) is 4.79 Å². The summed E-state index contributed by atoms with van der Waals surface area (Å²) in [6.45, 7) is 1.75. The zero-order valence-electron chi connectivity index (χ0n) is 13.6. The molecule has 5 nitrogen and oxygen atoms in total. The Kier molecular flexibility index (Phi) is 5.46. The number of methoxy groups -OCH3 is 1. The minimum Gasteiger partial charge on any atom is -0.494 e. The number of nitrogens with zero attached hydrogens (tertiary/aromatic N) is 1. The highest BCUT2D eigenvalue weighted by Gasteiger charge is 2.19. The summed E-state index contributed by atoms with van der Waals surface area (Å²) < 4.78 is 5.21. The highest BCUT2D eigenvalue weighted by Crippen LogP contribution is 2.34. The van der Waals surface area contributed by atoms with Crippen LogP contribution in [0.3, 0.4) is 0 Å². The number of hydrogen-bond acceptors (Lipinski definition) is 4. The van der Waals surface area contributed by atoms with Crippen molar-refractivity contribution in [1.82, 2.24) is 5.32 Å². The number of halogens is 2. The lowest BCUT2D eigenvalue weighted by molar-refractivity contribution is 0.102. The van der Waals surface area contributed by atoms with E-state index in [4.69, 9.17) is 27.9 Å². The molecule has 1 aliphatic heterocycles. The van der Waals surface area contributed by atoms with Gasteiger partial charge in [-0.3, -0.25) is 9.79 Å². The van der Waals surface area contributed by atoms with Crippen LogP contribution in [0.2, 0.25) is 10.0 Å². The van der Waals surface area contributed by atoms with Crippen LogP contribution in [0.4, 0.5) is 5.69 Å². The number of ether oxygens (including phenoxy) is 1. The molecule has 25 heavy (non-hydrogen) atoms. The van der Waals surface area contributed by atoms with Gasteiger partial charge in [0.1, 0.15) is 11.4 Å². The number of amidine groups is 1. The summed E-state index contributed by atoms with van der Waals surface area (Å²) in [6, 6.07) is 10.6. The van der Waals surface area contributed by atoms with Gasteiger partial charge in [-0.15, -0.1) is 0 Å². The van der Waals surface area contributed by atoms with Crippen molar-refractivity contribution in [2.24, 2.45) is 4.99 Å². The number of rotatable bonds is 4. The van der Waals surface area contributed by atoms with Gasteiger partial charge in [-0.1, -0.05) is 23.2 Å². The third-order valence-electron chi connectivity index (χ3n) is 3.80. The molecule has 0 saturated heterocycles. The minimum atomic E-state index is -0.384. The first kappa shape index (κ1) is 17.6. The fourth-order valence-corrected chi connectivity index (χ4v) is 3.04. The summed E-state index contributed by atoms with van der Waals surface area (Å²) in [5, 5.41) is 6.67. The Hall–Kier alpha value is -2.24. The Balaban J connectivity index is 1.80. The number of carbonyl (C=O) groups excluding carboxylic acids is 1. The van der Waals surface area contributed by atoms with Gasteiger partial charge in [0.25, 0.3) is 5.91 Å². The Morgan fingerprint density at radius 2 is 1.88 bits per heavy atom. The van der Waals surface area contributed by atoms with Crippen LogP contribution in [0.15, 0.2) is 41.4 Å².